The van der Waals surface area contributed by atoms with Gasteiger partial charge >= 0.3 is 0 Å². The molecule has 0 atom stereocenters. The fourth-order valence-corrected chi connectivity index (χ4v) is 2.77. The van der Waals surface area contributed by atoms with Crippen LogP contribution < -0.4 is 5.32 Å². The molecule has 20 heavy (non-hydrogen) atoms. The van der Waals surface area contributed by atoms with Gasteiger partial charge in [-0.2, -0.15) is 0 Å². The van der Waals surface area contributed by atoms with Gasteiger partial charge in [0, 0.05) is 13.1 Å². The number of nitrogens with zero attached hydrogens (tertiary/aromatic N) is 1. The van der Waals surface area contributed by atoms with E-state index in [1.165, 1.54) is 12.1 Å². The first-order valence-electron chi connectivity index (χ1n) is 5.70. The van der Waals surface area contributed by atoms with Crippen LogP contribution in [0.1, 0.15) is 10.4 Å². The molecule has 1 heterocycles. The van der Waals surface area contributed by atoms with Crippen molar-refractivity contribution in [3.8, 4) is 0 Å². The monoisotopic (exact) mass is 360 g/mol. The zero-order chi connectivity index (χ0) is 14.7. The highest BCUT2D eigenvalue weighted by atomic mass is 79.9. The van der Waals surface area contributed by atoms with E-state index in [0.717, 1.165) is 16.7 Å². The Morgan fingerprint density at radius 3 is 2.85 bits per heavy atom. The van der Waals surface area contributed by atoms with Crippen molar-refractivity contribution in [2.45, 2.75) is 0 Å². The van der Waals surface area contributed by atoms with Crippen LogP contribution in [0.5, 0.6) is 0 Å². The first-order chi connectivity index (χ1) is 9.50. The maximum Gasteiger partial charge on any atom is 0.288 e. The van der Waals surface area contributed by atoms with Crippen molar-refractivity contribution >= 4 is 44.7 Å². The van der Waals surface area contributed by atoms with E-state index >= 15 is 0 Å². The van der Waals surface area contributed by atoms with Crippen molar-refractivity contribution in [2.24, 2.45) is 0 Å². The minimum Gasteiger partial charge on any atom is -0.350 e. The third kappa shape index (κ3) is 3.18. The number of hydrogen-bond donors (Lipinski definition) is 1. The smallest absolute Gasteiger partial charge is 0.288 e. The molecule has 1 aromatic rings. The molecule has 106 valence electrons. The Morgan fingerprint density at radius 1 is 1.45 bits per heavy atom. The zero-order valence-corrected chi connectivity index (χ0v) is 12.6. The molecule has 0 aliphatic carbocycles. The molecule has 2 rings (SSSR count). The Kier molecular flexibility index (Phi) is 4.77. The average Bonchev–Trinajstić information content (AvgIpc) is 2.73. The van der Waals surface area contributed by atoms with Crippen LogP contribution in [-0.2, 0) is 4.79 Å². The van der Waals surface area contributed by atoms with Gasteiger partial charge in [0.2, 0.25) is 5.91 Å². The second-order valence-corrected chi connectivity index (χ2v) is 5.74. The maximum atomic E-state index is 13.7. The second-order valence-electron chi connectivity index (χ2n) is 3.96. The Labute approximate surface area is 127 Å². The predicted octanol–water partition coefficient (Wildman–Crippen LogP) is 2.01. The topological polar surface area (TPSA) is 66.5 Å². The SMILES string of the molecule is O=C(NCCN1C(=O)CSC1=O)c1cccc(Br)c1F. The molecule has 0 saturated carbocycles. The van der Waals surface area contributed by atoms with Gasteiger partial charge in [0.25, 0.3) is 11.1 Å². The summed E-state index contributed by atoms with van der Waals surface area (Å²) in [4.78, 5) is 35.5. The van der Waals surface area contributed by atoms with Crippen LogP contribution in [0.15, 0.2) is 22.7 Å². The molecule has 1 fully saturated rings. The lowest BCUT2D eigenvalue weighted by atomic mass is 10.2. The molecular weight excluding hydrogens is 351 g/mol. The minimum atomic E-state index is -0.645. The number of thioether (sulfide) groups is 1. The van der Waals surface area contributed by atoms with Gasteiger partial charge in [-0.05, 0) is 28.1 Å². The van der Waals surface area contributed by atoms with E-state index < -0.39 is 11.7 Å². The maximum absolute atomic E-state index is 13.7. The van der Waals surface area contributed by atoms with Gasteiger partial charge in [-0.15, -0.1) is 0 Å². The van der Waals surface area contributed by atoms with Gasteiger partial charge in [0.15, 0.2) is 0 Å². The number of carbonyl (C=O) groups is 3. The lowest BCUT2D eigenvalue weighted by molar-refractivity contribution is -0.124. The Hall–Kier alpha value is -1.41. The molecule has 0 spiro atoms. The first kappa shape index (κ1) is 15.0. The molecular formula is C12H10BrFN2O3S. The number of hydrogen-bond acceptors (Lipinski definition) is 4. The van der Waals surface area contributed by atoms with Gasteiger partial charge in [0.05, 0.1) is 15.8 Å². The van der Waals surface area contributed by atoms with Gasteiger partial charge < -0.3 is 5.32 Å². The number of amides is 3. The number of rotatable bonds is 4. The van der Waals surface area contributed by atoms with Gasteiger partial charge in [0.1, 0.15) is 5.82 Å². The summed E-state index contributed by atoms with van der Waals surface area (Å²) >= 11 is 3.93. The van der Waals surface area contributed by atoms with E-state index in [2.05, 4.69) is 21.2 Å². The largest absolute Gasteiger partial charge is 0.350 e. The number of benzene rings is 1. The summed E-state index contributed by atoms with van der Waals surface area (Å²) in [5.41, 5.74) is -0.0900. The number of halogens is 2. The van der Waals surface area contributed by atoms with Crippen molar-refractivity contribution in [3.63, 3.8) is 0 Å². The second kappa shape index (κ2) is 6.36. The normalized spacial score (nSPS) is 14.8. The van der Waals surface area contributed by atoms with E-state index in [0.29, 0.717) is 0 Å². The highest BCUT2D eigenvalue weighted by molar-refractivity contribution is 9.10. The first-order valence-corrected chi connectivity index (χ1v) is 7.48. The fourth-order valence-electron chi connectivity index (χ4n) is 1.65. The van der Waals surface area contributed by atoms with E-state index in [9.17, 15) is 18.8 Å². The molecule has 1 aromatic carbocycles. The van der Waals surface area contributed by atoms with Crippen molar-refractivity contribution < 1.29 is 18.8 Å². The van der Waals surface area contributed by atoms with Crippen LogP contribution >= 0.6 is 27.7 Å². The Bertz CT molecular complexity index is 566. The zero-order valence-electron chi connectivity index (χ0n) is 10.2. The Morgan fingerprint density at radius 2 is 2.20 bits per heavy atom. The molecule has 0 radical (unpaired) electrons. The third-order valence-electron chi connectivity index (χ3n) is 2.66. The molecule has 1 aliphatic heterocycles. The Balaban J connectivity index is 1.91. The van der Waals surface area contributed by atoms with Gasteiger partial charge in [-0.25, -0.2) is 4.39 Å². The van der Waals surface area contributed by atoms with Crippen LogP contribution in [0.25, 0.3) is 0 Å². The third-order valence-corrected chi connectivity index (χ3v) is 4.13. The lowest BCUT2D eigenvalue weighted by Crippen LogP contribution is -2.37. The van der Waals surface area contributed by atoms with Crippen LogP contribution in [0.3, 0.4) is 0 Å². The fraction of sp³-hybridized carbons (Fsp3) is 0.250. The van der Waals surface area contributed by atoms with Crippen LogP contribution in [0, 0.1) is 5.82 Å². The van der Waals surface area contributed by atoms with E-state index in [4.69, 9.17) is 0 Å². The molecule has 5 nitrogen and oxygen atoms in total. The summed E-state index contributed by atoms with van der Waals surface area (Å²) in [6.07, 6.45) is 0. The van der Waals surface area contributed by atoms with Crippen molar-refractivity contribution in [1.82, 2.24) is 10.2 Å². The number of carbonyl (C=O) groups excluding carboxylic acids is 3. The average molecular weight is 361 g/mol. The van der Waals surface area contributed by atoms with E-state index in [1.807, 2.05) is 0 Å². The molecule has 0 bridgehead atoms. The molecule has 0 unspecified atom stereocenters. The molecule has 1 aliphatic rings. The standard InChI is InChI=1S/C12H10BrFN2O3S/c13-8-3-1-2-7(10(8)14)11(18)15-4-5-16-9(17)6-20-12(16)19/h1-3H,4-6H2,(H,15,18). The van der Waals surface area contributed by atoms with Crippen molar-refractivity contribution in [1.29, 1.82) is 0 Å². The molecule has 0 aromatic heterocycles. The summed E-state index contributed by atoms with van der Waals surface area (Å²) in [6.45, 7) is 0.175. The van der Waals surface area contributed by atoms with Crippen molar-refractivity contribution in [2.75, 3.05) is 18.8 Å². The minimum absolute atomic E-state index is 0.0861. The van der Waals surface area contributed by atoms with E-state index in [1.54, 1.807) is 6.07 Å². The van der Waals surface area contributed by atoms with Crippen LogP contribution in [0.4, 0.5) is 9.18 Å². The van der Waals surface area contributed by atoms with Crippen molar-refractivity contribution in [3.05, 3.63) is 34.1 Å². The van der Waals surface area contributed by atoms with Gasteiger partial charge in [-0.3, -0.25) is 19.3 Å². The quantitative estimate of drug-likeness (QED) is 0.891. The summed E-state index contributed by atoms with van der Waals surface area (Å²) in [7, 11) is 0. The van der Waals surface area contributed by atoms with E-state index in [-0.39, 0.29) is 40.0 Å². The van der Waals surface area contributed by atoms with Crippen LogP contribution in [0.2, 0.25) is 0 Å². The summed E-state index contributed by atoms with van der Waals surface area (Å²) in [5.74, 6) is -1.38. The highest BCUT2D eigenvalue weighted by Crippen LogP contribution is 2.19. The molecule has 3 amide bonds. The summed E-state index contributed by atoms with van der Waals surface area (Å²) in [6, 6.07) is 4.40. The lowest BCUT2D eigenvalue weighted by Gasteiger charge is -2.13. The molecule has 1 saturated heterocycles. The number of nitrogens with one attached hydrogen (secondary N) is 1. The number of imide groups is 1. The van der Waals surface area contributed by atoms with Crippen LogP contribution in [-0.4, -0.2) is 40.8 Å². The highest BCUT2D eigenvalue weighted by Gasteiger charge is 2.29. The summed E-state index contributed by atoms with van der Waals surface area (Å²) in [5, 5.41) is 2.16. The molecule has 1 N–H and O–H groups in total. The van der Waals surface area contributed by atoms with Gasteiger partial charge in [-0.1, -0.05) is 17.8 Å². The molecule has 8 heteroatoms. The predicted molar refractivity (Wildman–Crippen MR) is 76.0 cm³/mol. The summed E-state index contributed by atoms with van der Waals surface area (Å²) < 4.78 is 13.9.